The summed E-state index contributed by atoms with van der Waals surface area (Å²) in [6.07, 6.45) is 1.23. The molecule has 25 heavy (non-hydrogen) atoms. The average molecular weight is 366 g/mol. The Bertz CT molecular complexity index is 625. The number of thiophene rings is 1. The molecule has 1 aromatic rings. The van der Waals surface area contributed by atoms with Crippen LogP contribution >= 0.6 is 11.3 Å². The molecule has 2 aliphatic rings. The molecule has 0 saturated carbocycles. The number of piperidine rings is 1. The summed E-state index contributed by atoms with van der Waals surface area (Å²) < 4.78 is 10.1. The number of hydrogen-bond acceptors (Lipinski definition) is 6. The maximum absolute atomic E-state index is 12.4. The summed E-state index contributed by atoms with van der Waals surface area (Å²) in [5.74, 6) is -0.323. The lowest BCUT2D eigenvalue weighted by Crippen LogP contribution is -2.52. The molecule has 0 spiro atoms. The van der Waals surface area contributed by atoms with Crippen LogP contribution in [0, 0.1) is 0 Å². The van der Waals surface area contributed by atoms with Crippen LogP contribution in [0.25, 0.3) is 0 Å². The third-order valence-corrected chi connectivity index (χ3v) is 5.46. The van der Waals surface area contributed by atoms with E-state index in [0.29, 0.717) is 32.4 Å². The molecule has 3 heterocycles. The zero-order valence-corrected chi connectivity index (χ0v) is 15.0. The summed E-state index contributed by atoms with van der Waals surface area (Å²) in [6.45, 7) is 3.20. The number of likely N-dealkylation sites (tertiary alicyclic amines) is 1. The number of amides is 2. The number of hydrogen-bond donors (Lipinski definition) is 0. The van der Waals surface area contributed by atoms with Gasteiger partial charge in [0.1, 0.15) is 6.61 Å². The van der Waals surface area contributed by atoms with Gasteiger partial charge in [-0.15, -0.1) is 11.3 Å². The highest BCUT2D eigenvalue weighted by Crippen LogP contribution is 2.25. The minimum absolute atomic E-state index is 0.0369. The Morgan fingerprint density at radius 2 is 2.12 bits per heavy atom. The number of esters is 1. The van der Waals surface area contributed by atoms with Crippen molar-refractivity contribution < 1.29 is 23.9 Å². The second-order valence-electron chi connectivity index (χ2n) is 6.12. The molecule has 0 aromatic carbocycles. The Hall–Kier alpha value is -2.09. The van der Waals surface area contributed by atoms with Crippen molar-refractivity contribution in [2.24, 2.45) is 0 Å². The highest BCUT2D eigenvalue weighted by molar-refractivity contribution is 7.10. The van der Waals surface area contributed by atoms with Gasteiger partial charge in [-0.25, -0.2) is 9.59 Å². The lowest BCUT2D eigenvalue weighted by molar-refractivity contribution is -0.148. The molecular weight excluding hydrogens is 344 g/mol. The van der Waals surface area contributed by atoms with E-state index in [2.05, 4.69) is 0 Å². The Balaban J connectivity index is 1.56. The minimum atomic E-state index is -0.675. The molecule has 8 heteroatoms. The fraction of sp³-hybridized carbons (Fsp3) is 0.588. The summed E-state index contributed by atoms with van der Waals surface area (Å²) in [6, 6.07) is 3.12. The molecule has 2 saturated heterocycles. The maximum Gasteiger partial charge on any atom is 0.410 e. The average Bonchev–Trinajstić information content (AvgIpc) is 3.25. The third kappa shape index (κ3) is 3.95. The highest BCUT2D eigenvalue weighted by Gasteiger charge is 2.44. The van der Waals surface area contributed by atoms with Crippen LogP contribution < -0.4 is 0 Å². The van der Waals surface area contributed by atoms with Crippen molar-refractivity contribution in [3.8, 4) is 0 Å². The summed E-state index contributed by atoms with van der Waals surface area (Å²) in [5, 5.41) is 1.96. The van der Waals surface area contributed by atoms with Crippen molar-refractivity contribution >= 4 is 29.3 Å². The molecule has 0 aliphatic carbocycles. The zero-order chi connectivity index (χ0) is 17.8. The van der Waals surface area contributed by atoms with Crippen LogP contribution in [0.15, 0.2) is 17.5 Å². The lowest BCUT2D eigenvalue weighted by atomic mass is 10.0. The number of carbonyl (C=O) groups is 3. The van der Waals surface area contributed by atoms with E-state index in [1.54, 1.807) is 18.3 Å². The Morgan fingerprint density at radius 1 is 1.36 bits per heavy atom. The molecule has 2 amide bonds. The molecule has 1 aromatic heterocycles. The first-order chi connectivity index (χ1) is 12.1. The van der Waals surface area contributed by atoms with Crippen molar-refractivity contribution in [1.82, 2.24) is 9.80 Å². The Labute approximate surface area is 150 Å². The summed E-state index contributed by atoms with van der Waals surface area (Å²) in [5.41, 5.74) is 0. The standard InChI is InChI=1S/C17H22N2O5S/c1-2-23-16(21)14-11-24-17(22)19(14)12-5-7-18(8-6-12)15(20)10-13-4-3-9-25-13/h3-4,9,12,14H,2,5-8,10-11H2,1H3. The van der Waals surface area contributed by atoms with Gasteiger partial charge < -0.3 is 14.4 Å². The van der Waals surface area contributed by atoms with Gasteiger partial charge in [-0.3, -0.25) is 9.69 Å². The second kappa shape index (κ2) is 7.86. The molecule has 0 N–H and O–H groups in total. The molecule has 1 atom stereocenters. The van der Waals surface area contributed by atoms with Gasteiger partial charge in [0.15, 0.2) is 6.04 Å². The zero-order valence-electron chi connectivity index (χ0n) is 14.2. The van der Waals surface area contributed by atoms with Crippen molar-refractivity contribution in [2.75, 3.05) is 26.3 Å². The first kappa shape index (κ1) is 17.7. The summed E-state index contributed by atoms with van der Waals surface area (Å²) in [4.78, 5) is 40.8. The minimum Gasteiger partial charge on any atom is -0.464 e. The van der Waals surface area contributed by atoms with Crippen molar-refractivity contribution in [3.05, 3.63) is 22.4 Å². The van der Waals surface area contributed by atoms with E-state index in [0.717, 1.165) is 4.88 Å². The quantitative estimate of drug-likeness (QED) is 0.741. The van der Waals surface area contributed by atoms with Gasteiger partial charge in [0.25, 0.3) is 0 Å². The summed E-state index contributed by atoms with van der Waals surface area (Å²) >= 11 is 1.58. The summed E-state index contributed by atoms with van der Waals surface area (Å²) in [7, 11) is 0. The molecule has 2 fully saturated rings. The molecule has 0 bridgehead atoms. The van der Waals surface area contributed by atoms with Crippen LogP contribution in [0.1, 0.15) is 24.6 Å². The lowest BCUT2D eigenvalue weighted by Gasteiger charge is -2.37. The highest BCUT2D eigenvalue weighted by atomic mass is 32.1. The first-order valence-corrected chi connectivity index (χ1v) is 9.40. The number of carbonyl (C=O) groups excluding carboxylic acids is 3. The number of cyclic esters (lactones) is 1. The van der Waals surface area contributed by atoms with Gasteiger partial charge in [-0.1, -0.05) is 6.07 Å². The normalized spacial score (nSPS) is 21.3. The van der Waals surface area contributed by atoms with Crippen LogP contribution in [0.2, 0.25) is 0 Å². The van der Waals surface area contributed by atoms with E-state index < -0.39 is 18.1 Å². The molecule has 1 unspecified atom stereocenters. The van der Waals surface area contributed by atoms with E-state index in [1.807, 2.05) is 22.4 Å². The van der Waals surface area contributed by atoms with Gasteiger partial charge in [0, 0.05) is 24.0 Å². The number of nitrogens with zero attached hydrogens (tertiary/aromatic N) is 2. The van der Waals surface area contributed by atoms with Gasteiger partial charge in [0.05, 0.1) is 13.0 Å². The van der Waals surface area contributed by atoms with Crippen molar-refractivity contribution in [3.63, 3.8) is 0 Å². The van der Waals surface area contributed by atoms with Crippen LogP contribution in [0.4, 0.5) is 4.79 Å². The van der Waals surface area contributed by atoms with Crippen LogP contribution in [0.5, 0.6) is 0 Å². The largest absolute Gasteiger partial charge is 0.464 e. The smallest absolute Gasteiger partial charge is 0.410 e. The van der Waals surface area contributed by atoms with E-state index in [9.17, 15) is 14.4 Å². The van der Waals surface area contributed by atoms with Crippen molar-refractivity contribution in [2.45, 2.75) is 38.3 Å². The van der Waals surface area contributed by atoms with Gasteiger partial charge in [0.2, 0.25) is 5.91 Å². The molecule has 0 radical (unpaired) electrons. The van der Waals surface area contributed by atoms with Crippen molar-refractivity contribution in [1.29, 1.82) is 0 Å². The number of rotatable bonds is 5. The van der Waals surface area contributed by atoms with E-state index in [4.69, 9.17) is 9.47 Å². The van der Waals surface area contributed by atoms with Crippen LogP contribution in [-0.2, 0) is 25.5 Å². The Kier molecular flexibility index (Phi) is 5.57. The molecule has 2 aliphatic heterocycles. The van der Waals surface area contributed by atoms with Crippen LogP contribution in [0.3, 0.4) is 0 Å². The number of ether oxygens (including phenoxy) is 2. The fourth-order valence-corrected chi connectivity index (χ4v) is 4.02. The third-order valence-electron chi connectivity index (χ3n) is 4.59. The van der Waals surface area contributed by atoms with E-state index >= 15 is 0 Å². The van der Waals surface area contributed by atoms with Gasteiger partial charge >= 0.3 is 12.1 Å². The van der Waals surface area contributed by atoms with Gasteiger partial charge in [-0.2, -0.15) is 0 Å². The maximum atomic E-state index is 12.4. The molecule has 7 nitrogen and oxygen atoms in total. The predicted molar refractivity (Wildman–Crippen MR) is 91.2 cm³/mol. The predicted octanol–water partition coefficient (Wildman–Crippen LogP) is 1.67. The van der Waals surface area contributed by atoms with E-state index in [1.165, 1.54) is 4.90 Å². The fourth-order valence-electron chi connectivity index (χ4n) is 3.32. The van der Waals surface area contributed by atoms with E-state index in [-0.39, 0.29) is 25.2 Å². The topological polar surface area (TPSA) is 76.2 Å². The van der Waals surface area contributed by atoms with Gasteiger partial charge in [-0.05, 0) is 31.2 Å². The molecule has 136 valence electrons. The Morgan fingerprint density at radius 3 is 2.76 bits per heavy atom. The molecule has 3 rings (SSSR count). The SMILES string of the molecule is CCOC(=O)C1COC(=O)N1C1CCN(C(=O)Cc2cccs2)CC1. The monoisotopic (exact) mass is 366 g/mol. The molecular formula is C17H22N2O5S. The second-order valence-corrected chi connectivity index (χ2v) is 7.15. The van der Waals surface area contributed by atoms with Crippen LogP contribution in [-0.4, -0.2) is 66.2 Å². The first-order valence-electron chi connectivity index (χ1n) is 8.52.